The number of carbonyl (C=O) groups is 2. The topological polar surface area (TPSA) is 78.7 Å². The van der Waals surface area contributed by atoms with E-state index in [-0.39, 0.29) is 18.5 Å². The van der Waals surface area contributed by atoms with Gasteiger partial charge in [0.15, 0.2) is 0 Å². The first-order valence-corrected chi connectivity index (χ1v) is 9.34. The zero-order valence-electron chi connectivity index (χ0n) is 15.2. The van der Waals surface area contributed by atoms with Gasteiger partial charge in [-0.2, -0.15) is 5.10 Å². The molecule has 3 rings (SSSR count). The molecule has 2 aromatic rings. The summed E-state index contributed by atoms with van der Waals surface area (Å²) in [7, 11) is 1.83. The van der Waals surface area contributed by atoms with Crippen LogP contribution in [0.1, 0.15) is 29.6 Å². The molecule has 27 heavy (non-hydrogen) atoms. The third-order valence-electron chi connectivity index (χ3n) is 4.91. The fourth-order valence-electron chi connectivity index (χ4n) is 3.42. The number of aromatic nitrogens is 2. The van der Waals surface area contributed by atoms with Crippen LogP contribution in [0.15, 0.2) is 36.7 Å². The van der Waals surface area contributed by atoms with E-state index in [1.165, 1.54) is 0 Å². The molecule has 8 heteroatoms. The molecule has 0 spiro atoms. The molecule has 0 radical (unpaired) electrons. The number of likely N-dealkylation sites (N-methyl/N-ethyl adjacent to an activating group) is 1. The summed E-state index contributed by atoms with van der Waals surface area (Å²) in [5, 5.41) is 13.9. The van der Waals surface area contributed by atoms with Crippen molar-refractivity contribution in [2.24, 2.45) is 0 Å². The molecule has 0 bridgehead atoms. The first-order valence-electron chi connectivity index (χ1n) is 8.96. The van der Waals surface area contributed by atoms with E-state index >= 15 is 0 Å². The van der Waals surface area contributed by atoms with Crippen LogP contribution in [0.5, 0.6) is 0 Å². The van der Waals surface area contributed by atoms with E-state index in [0.717, 1.165) is 24.9 Å². The third kappa shape index (κ3) is 4.87. The Labute approximate surface area is 163 Å². The first kappa shape index (κ1) is 19.4. The second-order valence-corrected chi connectivity index (χ2v) is 7.27. The SMILES string of the molecule is CN(CC(=O)O)C1CCCN(C(=O)c2cnn(-c3ccc(Cl)cc3)c2)CC1. The lowest BCUT2D eigenvalue weighted by atomic mass is 10.1. The number of carboxylic acids is 1. The molecular formula is C19H23ClN4O3. The van der Waals surface area contributed by atoms with Crippen molar-refractivity contribution in [3.05, 3.63) is 47.2 Å². The highest BCUT2D eigenvalue weighted by Gasteiger charge is 2.25. The maximum absolute atomic E-state index is 12.8. The van der Waals surface area contributed by atoms with Crippen LogP contribution in [-0.2, 0) is 4.79 Å². The van der Waals surface area contributed by atoms with Gasteiger partial charge in [0.25, 0.3) is 5.91 Å². The number of nitrogens with zero attached hydrogens (tertiary/aromatic N) is 4. The molecule has 1 fully saturated rings. The molecule has 1 aliphatic rings. The highest BCUT2D eigenvalue weighted by atomic mass is 35.5. The summed E-state index contributed by atoms with van der Waals surface area (Å²) in [6, 6.07) is 7.43. The van der Waals surface area contributed by atoms with Crippen LogP contribution in [0.25, 0.3) is 5.69 Å². The van der Waals surface area contributed by atoms with E-state index in [1.807, 2.05) is 29.0 Å². The number of likely N-dealkylation sites (tertiary alicyclic amines) is 1. The standard InChI is InChI=1S/C19H23ClN4O3/c1-22(13-18(25)26)16-3-2-9-23(10-8-16)19(27)14-11-21-24(12-14)17-6-4-15(20)5-7-17/h4-7,11-12,16H,2-3,8-10,13H2,1H3,(H,25,26). The first-order chi connectivity index (χ1) is 12.9. The van der Waals surface area contributed by atoms with Crippen molar-refractivity contribution in [2.45, 2.75) is 25.3 Å². The van der Waals surface area contributed by atoms with E-state index in [4.69, 9.17) is 16.7 Å². The van der Waals surface area contributed by atoms with Gasteiger partial charge in [0.2, 0.25) is 0 Å². The van der Waals surface area contributed by atoms with Gasteiger partial charge in [0.05, 0.1) is 24.0 Å². The van der Waals surface area contributed by atoms with Crippen molar-refractivity contribution in [3.8, 4) is 5.69 Å². The molecule has 144 valence electrons. The van der Waals surface area contributed by atoms with Crippen molar-refractivity contribution in [2.75, 3.05) is 26.7 Å². The molecule has 1 aromatic heterocycles. The van der Waals surface area contributed by atoms with E-state index in [2.05, 4.69) is 5.10 Å². The Morgan fingerprint density at radius 1 is 1.26 bits per heavy atom. The number of hydrogen-bond acceptors (Lipinski definition) is 4. The zero-order valence-corrected chi connectivity index (χ0v) is 16.0. The van der Waals surface area contributed by atoms with E-state index in [1.54, 1.807) is 29.2 Å². The summed E-state index contributed by atoms with van der Waals surface area (Å²) in [6.45, 7) is 1.30. The van der Waals surface area contributed by atoms with E-state index in [9.17, 15) is 9.59 Å². The number of aliphatic carboxylic acids is 1. The Balaban J connectivity index is 1.64. The van der Waals surface area contributed by atoms with Crippen molar-refractivity contribution >= 4 is 23.5 Å². The van der Waals surface area contributed by atoms with Crippen molar-refractivity contribution in [1.29, 1.82) is 0 Å². The molecule has 0 aliphatic carbocycles. The van der Waals surface area contributed by atoms with Crippen LogP contribution in [0.3, 0.4) is 0 Å². The molecule has 1 saturated heterocycles. The fraction of sp³-hybridized carbons (Fsp3) is 0.421. The lowest BCUT2D eigenvalue weighted by Gasteiger charge is -2.25. The van der Waals surface area contributed by atoms with Gasteiger partial charge in [0, 0.05) is 30.4 Å². The van der Waals surface area contributed by atoms with Crippen molar-refractivity contribution in [3.63, 3.8) is 0 Å². The Morgan fingerprint density at radius 3 is 2.70 bits per heavy atom. The molecule has 7 nitrogen and oxygen atoms in total. The summed E-state index contributed by atoms with van der Waals surface area (Å²) < 4.78 is 1.66. The number of carbonyl (C=O) groups excluding carboxylic acids is 1. The highest BCUT2D eigenvalue weighted by molar-refractivity contribution is 6.30. The average molecular weight is 391 g/mol. The maximum Gasteiger partial charge on any atom is 0.317 e. The minimum absolute atomic E-state index is 0.0203. The number of hydrogen-bond donors (Lipinski definition) is 1. The van der Waals surface area contributed by atoms with Crippen LogP contribution < -0.4 is 0 Å². The summed E-state index contributed by atoms with van der Waals surface area (Å²) in [6.07, 6.45) is 5.81. The number of amides is 1. The molecule has 1 atom stereocenters. The monoisotopic (exact) mass is 390 g/mol. The van der Waals surface area contributed by atoms with E-state index in [0.29, 0.717) is 23.7 Å². The van der Waals surface area contributed by atoms with Gasteiger partial charge in [-0.05, 0) is 50.6 Å². The summed E-state index contributed by atoms with van der Waals surface area (Å²) >= 11 is 5.91. The lowest BCUT2D eigenvalue weighted by molar-refractivity contribution is -0.138. The van der Waals surface area contributed by atoms with Gasteiger partial charge in [-0.1, -0.05) is 11.6 Å². The Morgan fingerprint density at radius 2 is 2.00 bits per heavy atom. The molecule has 2 heterocycles. The summed E-state index contributed by atoms with van der Waals surface area (Å²) in [4.78, 5) is 27.4. The smallest absolute Gasteiger partial charge is 0.317 e. The van der Waals surface area contributed by atoms with Crippen LogP contribution >= 0.6 is 11.6 Å². The van der Waals surface area contributed by atoms with Crippen LogP contribution in [0.4, 0.5) is 0 Å². The predicted octanol–water partition coefficient (Wildman–Crippen LogP) is 2.54. The van der Waals surface area contributed by atoms with Crippen LogP contribution in [0, 0.1) is 0 Å². The Bertz CT molecular complexity index is 806. The lowest BCUT2D eigenvalue weighted by Crippen LogP contribution is -2.37. The molecule has 1 N–H and O–H groups in total. The number of rotatable bonds is 5. The molecule has 1 aliphatic heterocycles. The molecule has 1 amide bonds. The van der Waals surface area contributed by atoms with Gasteiger partial charge >= 0.3 is 5.97 Å². The zero-order chi connectivity index (χ0) is 19.4. The Hall–Kier alpha value is -2.38. The Kier molecular flexibility index (Phi) is 6.13. The number of carboxylic acid groups (broad SMARTS) is 1. The van der Waals surface area contributed by atoms with Crippen molar-refractivity contribution < 1.29 is 14.7 Å². The normalized spacial score (nSPS) is 17.7. The second-order valence-electron chi connectivity index (χ2n) is 6.84. The average Bonchev–Trinajstić information content (AvgIpc) is 2.98. The minimum Gasteiger partial charge on any atom is -0.480 e. The van der Waals surface area contributed by atoms with Gasteiger partial charge in [-0.15, -0.1) is 0 Å². The molecule has 1 aromatic carbocycles. The van der Waals surface area contributed by atoms with Gasteiger partial charge in [0.1, 0.15) is 0 Å². The highest BCUT2D eigenvalue weighted by Crippen LogP contribution is 2.19. The fourth-order valence-corrected chi connectivity index (χ4v) is 3.54. The molecular weight excluding hydrogens is 368 g/mol. The maximum atomic E-state index is 12.8. The third-order valence-corrected chi connectivity index (χ3v) is 5.17. The van der Waals surface area contributed by atoms with Crippen molar-refractivity contribution in [1.82, 2.24) is 19.6 Å². The van der Waals surface area contributed by atoms with E-state index < -0.39 is 5.97 Å². The number of benzene rings is 1. The minimum atomic E-state index is -0.829. The van der Waals surface area contributed by atoms with Gasteiger partial charge in [-0.25, -0.2) is 4.68 Å². The molecule has 1 unspecified atom stereocenters. The molecule has 0 saturated carbocycles. The van der Waals surface area contributed by atoms with Crippen LogP contribution in [-0.4, -0.2) is 69.3 Å². The predicted molar refractivity (Wildman–Crippen MR) is 102 cm³/mol. The van der Waals surface area contributed by atoms with Crippen LogP contribution in [0.2, 0.25) is 5.02 Å². The quantitative estimate of drug-likeness (QED) is 0.848. The largest absolute Gasteiger partial charge is 0.480 e. The number of halogens is 1. The van der Waals surface area contributed by atoms with Gasteiger partial charge in [-0.3, -0.25) is 14.5 Å². The van der Waals surface area contributed by atoms with Gasteiger partial charge < -0.3 is 10.0 Å². The summed E-state index contributed by atoms with van der Waals surface area (Å²) in [5.74, 6) is -0.874. The summed E-state index contributed by atoms with van der Waals surface area (Å²) in [5.41, 5.74) is 1.38. The second kappa shape index (κ2) is 8.54.